The van der Waals surface area contributed by atoms with Gasteiger partial charge in [-0.3, -0.25) is 0 Å². The van der Waals surface area contributed by atoms with Crippen LogP contribution in [0.15, 0.2) is 18.2 Å². The Labute approximate surface area is 101 Å². The van der Waals surface area contributed by atoms with E-state index in [1.54, 1.807) is 6.07 Å². The van der Waals surface area contributed by atoms with Crippen LogP contribution >= 0.6 is 0 Å². The molecule has 1 aromatic carbocycles. The molecule has 1 aromatic rings. The molecule has 2 aliphatic rings. The smallest absolute Gasteiger partial charge is 0.139 e. The van der Waals surface area contributed by atoms with Gasteiger partial charge in [0.15, 0.2) is 0 Å². The van der Waals surface area contributed by atoms with E-state index in [2.05, 4.69) is 17.3 Å². The molecule has 0 saturated carbocycles. The van der Waals surface area contributed by atoms with E-state index in [9.17, 15) is 5.11 Å². The van der Waals surface area contributed by atoms with Crippen LogP contribution in [0.5, 0.6) is 5.75 Å². The molecule has 0 spiro atoms. The van der Waals surface area contributed by atoms with Crippen molar-refractivity contribution in [3.8, 4) is 5.75 Å². The molecule has 0 aromatic heterocycles. The first kappa shape index (κ1) is 10.9. The van der Waals surface area contributed by atoms with Crippen LogP contribution < -0.4 is 16.0 Å². The second-order valence-corrected chi connectivity index (χ2v) is 5.08. The highest BCUT2D eigenvalue weighted by molar-refractivity contribution is 5.66. The standard InChI is InChI=1S/C13H19N3O/c1-16-10-5-6-15-7-9(10)12(14)8-3-2-4-11(17)13(8)16/h2-4,9-10,12,15,17H,5-7,14H2,1H3. The van der Waals surface area contributed by atoms with E-state index in [-0.39, 0.29) is 6.04 Å². The fraction of sp³-hybridized carbons (Fsp3) is 0.538. The van der Waals surface area contributed by atoms with Gasteiger partial charge in [-0.15, -0.1) is 0 Å². The summed E-state index contributed by atoms with van der Waals surface area (Å²) in [5.74, 6) is 0.778. The summed E-state index contributed by atoms with van der Waals surface area (Å²) in [5, 5.41) is 13.4. The van der Waals surface area contributed by atoms with Crippen LogP contribution in [0, 0.1) is 5.92 Å². The van der Waals surface area contributed by atoms with Crippen LogP contribution in [0.1, 0.15) is 18.0 Å². The number of para-hydroxylation sites is 1. The maximum atomic E-state index is 10.0. The van der Waals surface area contributed by atoms with E-state index < -0.39 is 0 Å². The van der Waals surface area contributed by atoms with Gasteiger partial charge in [-0.05, 0) is 24.6 Å². The number of piperidine rings is 1. The van der Waals surface area contributed by atoms with Gasteiger partial charge in [0, 0.05) is 31.6 Å². The zero-order valence-corrected chi connectivity index (χ0v) is 10.1. The Morgan fingerprint density at radius 2 is 2.29 bits per heavy atom. The van der Waals surface area contributed by atoms with Crippen LogP contribution in [0.25, 0.3) is 0 Å². The van der Waals surface area contributed by atoms with Gasteiger partial charge in [-0.1, -0.05) is 12.1 Å². The van der Waals surface area contributed by atoms with E-state index in [1.165, 1.54) is 0 Å². The van der Waals surface area contributed by atoms with E-state index in [0.717, 1.165) is 30.8 Å². The van der Waals surface area contributed by atoms with Crippen LogP contribution in [0.2, 0.25) is 0 Å². The zero-order valence-electron chi connectivity index (χ0n) is 10.1. The van der Waals surface area contributed by atoms with Crippen LogP contribution in [-0.4, -0.2) is 31.3 Å². The highest BCUT2D eigenvalue weighted by atomic mass is 16.3. The molecule has 3 atom stereocenters. The number of fused-ring (bicyclic) bond motifs is 2. The summed E-state index contributed by atoms with van der Waals surface area (Å²) in [6, 6.07) is 6.10. The SMILES string of the molecule is CN1c2c(O)cccc2C(N)C2CNCCC21. The van der Waals surface area contributed by atoms with Gasteiger partial charge in [-0.2, -0.15) is 0 Å². The lowest BCUT2D eigenvalue weighted by atomic mass is 9.78. The topological polar surface area (TPSA) is 61.5 Å². The lowest BCUT2D eigenvalue weighted by molar-refractivity contribution is 0.261. The van der Waals surface area contributed by atoms with Gasteiger partial charge in [0.2, 0.25) is 0 Å². The van der Waals surface area contributed by atoms with Gasteiger partial charge in [0.05, 0.1) is 5.69 Å². The van der Waals surface area contributed by atoms with E-state index in [0.29, 0.717) is 17.7 Å². The first-order valence-corrected chi connectivity index (χ1v) is 6.21. The number of phenols is 1. The highest BCUT2D eigenvalue weighted by Crippen LogP contribution is 2.44. The van der Waals surface area contributed by atoms with Crippen molar-refractivity contribution < 1.29 is 5.11 Å². The predicted octanol–water partition coefficient (Wildman–Crippen LogP) is 0.820. The Bertz CT molecular complexity index is 435. The van der Waals surface area contributed by atoms with E-state index in [1.807, 2.05) is 12.1 Å². The average molecular weight is 233 g/mol. The quantitative estimate of drug-likeness (QED) is 0.621. The number of phenolic OH excluding ortho intramolecular Hbond substituents is 1. The zero-order chi connectivity index (χ0) is 12.0. The Balaban J connectivity index is 2.10. The maximum Gasteiger partial charge on any atom is 0.139 e. The molecular formula is C13H19N3O. The van der Waals surface area contributed by atoms with Gasteiger partial charge in [-0.25, -0.2) is 0 Å². The number of hydrogen-bond donors (Lipinski definition) is 3. The number of benzene rings is 1. The molecule has 92 valence electrons. The number of nitrogens with one attached hydrogen (secondary N) is 1. The molecule has 4 heteroatoms. The lowest BCUT2D eigenvalue weighted by Gasteiger charge is -2.47. The monoisotopic (exact) mass is 233 g/mol. The highest BCUT2D eigenvalue weighted by Gasteiger charge is 2.40. The maximum absolute atomic E-state index is 10.0. The second-order valence-electron chi connectivity index (χ2n) is 5.08. The van der Waals surface area contributed by atoms with Crippen LogP contribution in [-0.2, 0) is 0 Å². The molecule has 4 N–H and O–H groups in total. The normalized spacial score (nSPS) is 31.9. The molecule has 1 saturated heterocycles. The summed E-state index contributed by atoms with van der Waals surface area (Å²) < 4.78 is 0. The largest absolute Gasteiger partial charge is 0.506 e. The Morgan fingerprint density at radius 1 is 1.47 bits per heavy atom. The number of aromatic hydroxyl groups is 1. The summed E-state index contributed by atoms with van der Waals surface area (Å²) in [6.45, 7) is 1.99. The fourth-order valence-corrected chi connectivity index (χ4v) is 3.31. The minimum Gasteiger partial charge on any atom is -0.506 e. The van der Waals surface area contributed by atoms with Crippen molar-refractivity contribution >= 4 is 5.69 Å². The molecule has 0 amide bonds. The van der Waals surface area contributed by atoms with Crippen molar-refractivity contribution in [1.82, 2.24) is 5.32 Å². The number of anilines is 1. The van der Waals surface area contributed by atoms with Crippen molar-refractivity contribution in [3.05, 3.63) is 23.8 Å². The summed E-state index contributed by atoms with van der Waals surface area (Å²) >= 11 is 0. The molecule has 2 heterocycles. The number of nitrogens with zero attached hydrogens (tertiary/aromatic N) is 1. The van der Waals surface area contributed by atoms with Crippen molar-refractivity contribution in [1.29, 1.82) is 0 Å². The molecular weight excluding hydrogens is 214 g/mol. The fourth-order valence-electron chi connectivity index (χ4n) is 3.31. The summed E-state index contributed by atoms with van der Waals surface area (Å²) in [7, 11) is 2.06. The predicted molar refractivity (Wildman–Crippen MR) is 68.2 cm³/mol. The average Bonchev–Trinajstić information content (AvgIpc) is 2.36. The third-order valence-electron chi connectivity index (χ3n) is 4.21. The van der Waals surface area contributed by atoms with Gasteiger partial charge in [0.25, 0.3) is 0 Å². The van der Waals surface area contributed by atoms with Crippen LogP contribution in [0.4, 0.5) is 5.69 Å². The third kappa shape index (κ3) is 1.51. The van der Waals surface area contributed by atoms with Crippen molar-refractivity contribution in [2.75, 3.05) is 25.0 Å². The lowest BCUT2D eigenvalue weighted by Crippen LogP contribution is -2.55. The van der Waals surface area contributed by atoms with Gasteiger partial charge < -0.3 is 21.1 Å². The second kappa shape index (κ2) is 3.89. The van der Waals surface area contributed by atoms with Gasteiger partial charge in [0.1, 0.15) is 5.75 Å². The minimum absolute atomic E-state index is 0.0195. The molecule has 3 rings (SSSR count). The first-order valence-electron chi connectivity index (χ1n) is 6.21. The number of nitrogens with two attached hydrogens (primary N) is 1. The Hall–Kier alpha value is -1.26. The number of rotatable bonds is 0. The first-order chi connectivity index (χ1) is 8.20. The molecule has 2 aliphatic heterocycles. The molecule has 1 fully saturated rings. The molecule has 4 nitrogen and oxygen atoms in total. The Morgan fingerprint density at radius 3 is 3.12 bits per heavy atom. The van der Waals surface area contributed by atoms with E-state index in [4.69, 9.17) is 5.73 Å². The van der Waals surface area contributed by atoms with Crippen molar-refractivity contribution in [2.45, 2.75) is 18.5 Å². The number of hydrogen-bond acceptors (Lipinski definition) is 4. The van der Waals surface area contributed by atoms with E-state index >= 15 is 0 Å². The molecule has 0 radical (unpaired) electrons. The summed E-state index contributed by atoms with van der Waals surface area (Å²) in [4.78, 5) is 2.21. The molecule has 3 unspecified atom stereocenters. The molecule has 0 aliphatic carbocycles. The summed E-state index contributed by atoms with van der Waals surface area (Å²) in [5.41, 5.74) is 8.34. The molecule has 0 bridgehead atoms. The Kier molecular flexibility index (Phi) is 2.49. The van der Waals surface area contributed by atoms with Crippen molar-refractivity contribution in [2.24, 2.45) is 11.7 Å². The van der Waals surface area contributed by atoms with Crippen LogP contribution in [0.3, 0.4) is 0 Å². The summed E-state index contributed by atoms with van der Waals surface area (Å²) in [6.07, 6.45) is 1.09. The van der Waals surface area contributed by atoms with Crippen molar-refractivity contribution in [3.63, 3.8) is 0 Å². The molecule has 17 heavy (non-hydrogen) atoms. The van der Waals surface area contributed by atoms with Gasteiger partial charge >= 0.3 is 0 Å². The third-order valence-corrected chi connectivity index (χ3v) is 4.21. The minimum atomic E-state index is 0.0195.